The average molecular weight is 434 g/mol. The van der Waals surface area contributed by atoms with Crippen LogP contribution in [0.1, 0.15) is 11.1 Å². The molecule has 0 spiro atoms. The summed E-state index contributed by atoms with van der Waals surface area (Å²) in [5, 5.41) is 4.55. The number of nitrogens with zero attached hydrogens (tertiary/aromatic N) is 5. The van der Waals surface area contributed by atoms with Crippen LogP contribution in [-0.2, 0) is 13.1 Å². The van der Waals surface area contributed by atoms with E-state index < -0.39 is 0 Å². The van der Waals surface area contributed by atoms with Crippen LogP contribution in [0.3, 0.4) is 0 Å². The summed E-state index contributed by atoms with van der Waals surface area (Å²) in [7, 11) is 3.29. The molecule has 156 valence electrons. The second kappa shape index (κ2) is 8.94. The maximum Gasteiger partial charge on any atom is 0.275 e. The molecule has 0 unspecified atom stereocenters. The van der Waals surface area contributed by atoms with Gasteiger partial charge in [0.05, 0.1) is 20.4 Å². The Labute approximate surface area is 185 Å². The lowest BCUT2D eigenvalue weighted by Gasteiger charge is -2.25. The molecule has 0 saturated carbocycles. The van der Waals surface area contributed by atoms with Crippen LogP contribution in [-0.4, -0.2) is 28.8 Å². The van der Waals surface area contributed by atoms with Crippen LogP contribution in [0.5, 0.6) is 11.5 Å². The summed E-state index contributed by atoms with van der Waals surface area (Å²) in [6.45, 7) is 8.58. The zero-order chi connectivity index (χ0) is 21.8. The molecule has 0 aliphatic carbocycles. The topological polar surface area (TPSA) is 56.2 Å². The Balaban J connectivity index is 1.76. The number of fused-ring (bicyclic) bond motifs is 1. The normalized spacial score (nSPS) is 10.6. The van der Waals surface area contributed by atoms with E-state index in [0.717, 1.165) is 28.3 Å². The smallest absolute Gasteiger partial charge is 0.275 e. The van der Waals surface area contributed by atoms with Crippen LogP contribution in [0.15, 0.2) is 60.8 Å². The fourth-order valence-electron chi connectivity index (χ4n) is 3.35. The minimum Gasteiger partial charge on any atom is -0.497 e. The first kappa shape index (κ1) is 20.5. The molecular formula is C23H20ClN5O2. The molecule has 7 nitrogen and oxygen atoms in total. The molecule has 2 aromatic carbocycles. The molecule has 0 amide bonds. The Morgan fingerprint density at radius 1 is 0.968 bits per heavy atom. The number of imidazole rings is 1. The molecule has 0 atom stereocenters. The van der Waals surface area contributed by atoms with Gasteiger partial charge in [0.2, 0.25) is 0 Å². The van der Waals surface area contributed by atoms with Gasteiger partial charge >= 0.3 is 0 Å². The molecule has 0 aliphatic rings. The maximum atomic E-state index is 7.37. The van der Waals surface area contributed by atoms with Gasteiger partial charge in [-0.25, -0.2) is 4.98 Å². The largest absolute Gasteiger partial charge is 0.497 e. The van der Waals surface area contributed by atoms with Crippen molar-refractivity contribution in [3.8, 4) is 11.5 Å². The monoisotopic (exact) mass is 433 g/mol. The van der Waals surface area contributed by atoms with Gasteiger partial charge in [-0.2, -0.15) is 0 Å². The third-order valence-electron chi connectivity index (χ3n) is 4.92. The fraction of sp³-hybridized carbons (Fsp3) is 0.174. The maximum absolute atomic E-state index is 7.37. The SMILES string of the molecule is [C-]#[N+]c1cnc2c(N(Cc3ccc(OC)cc3)Cc3ccc(OC)cc3)cc(Cl)nn12. The standard InChI is InChI=1S/C23H20ClN5O2/c1-25-22-13-26-23-20(12-21(24)27-29(22)23)28(14-16-4-8-18(30-2)9-5-16)15-17-6-10-19(31-3)11-7-17/h4-13H,14-15H2,2-3H3. The van der Waals surface area contributed by atoms with Gasteiger partial charge in [0.25, 0.3) is 11.5 Å². The Kier molecular flexibility index (Phi) is 5.92. The first-order chi connectivity index (χ1) is 15.1. The highest BCUT2D eigenvalue weighted by atomic mass is 35.5. The van der Waals surface area contributed by atoms with Crippen molar-refractivity contribution >= 4 is 28.8 Å². The van der Waals surface area contributed by atoms with Crippen LogP contribution in [0, 0.1) is 6.57 Å². The first-order valence-corrected chi connectivity index (χ1v) is 9.91. The number of rotatable bonds is 7. The van der Waals surface area contributed by atoms with E-state index >= 15 is 0 Å². The van der Waals surface area contributed by atoms with Crippen molar-refractivity contribution in [1.82, 2.24) is 14.6 Å². The van der Waals surface area contributed by atoms with Crippen molar-refractivity contribution in [2.45, 2.75) is 13.1 Å². The molecule has 0 bridgehead atoms. The lowest BCUT2D eigenvalue weighted by molar-refractivity contribution is 0.414. The van der Waals surface area contributed by atoms with E-state index in [1.807, 2.05) is 48.5 Å². The van der Waals surface area contributed by atoms with Crippen molar-refractivity contribution < 1.29 is 9.47 Å². The van der Waals surface area contributed by atoms with Crippen molar-refractivity contribution in [3.63, 3.8) is 0 Å². The number of aromatic nitrogens is 3. The predicted octanol–water partition coefficient (Wildman–Crippen LogP) is 5.16. The molecule has 8 heteroatoms. The zero-order valence-electron chi connectivity index (χ0n) is 17.1. The summed E-state index contributed by atoms with van der Waals surface area (Å²) in [5.41, 5.74) is 3.56. The van der Waals surface area contributed by atoms with Gasteiger partial charge in [0, 0.05) is 19.2 Å². The molecule has 4 aromatic rings. The molecule has 0 saturated heterocycles. The number of hydrogen-bond donors (Lipinski definition) is 0. The summed E-state index contributed by atoms with van der Waals surface area (Å²) in [4.78, 5) is 10.1. The van der Waals surface area contributed by atoms with Crippen LogP contribution in [0.2, 0.25) is 5.15 Å². The lowest BCUT2D eigenvalue weighted by atomic mass is 10.1. The molecule has 0 radical (unpaired) electrons. The minimum absolute atomic E-state index is 0.292. The minimum atomic E-state index is 0.292. The van der Waals surface area contributed by atoms with Gasteiger partial charge in [-0.15, -0.1) is 4.52 Å². The number of methoxy groups -OCH3 is 2. The summed E-state index contributed by atoms with van der Waals surface area (Å²) < 4.78 is 12.0. The Morgan fingerprint density at radius 2 is 1.52 bits per heavy atom. The highest BCUT2D eigenvalue weighted by Gasteiger charge is 2.20. The quantitative estimate of drug-likeness (QED) is 0.377. The van der Waals surface area contributed by atoms with Gasteiger partial charge in [0.15, 0.2) is 5.15 Å². The highest BCUT2D eigenvalue weighted by Crippen LogP contribution is 2.30. The predicted molar refractivity (Wildman–Crippen MR) is 120 cm³/mol. The summed E-state index contributed by atoms with van der Waals surface area (Å²) >= 11 is 6.32. The van der Waals surface area contributed by atoms with Crippen molar-refractivity contribution in [1.29, 1.82) is 0 Å². The van der Waals surface area contributed by atoms with Gasteiger partial charge in [-0.05, 0) is 35.4 Å². The number of hydrogen-bond acceptors (Lipinski definition) is 5. The van der Waals surface area contributed by atoms with Crippen LogP contribution in [0.25, 0.3) is 10.5 Å². The first-order valence-electron chi connectivity index (χ1n) is 9.54. The summed E-state index contributed by atoms with van der Waals surface area (Å²) in [6, 6.07) is 17.6. The zero-order valence-corrected chi connectivity index (χ0v) is 17.9. The second-order valence-electron chi connectivity index (χ2n) is 6.87. The van der Waals surface area contributed by atoms with E-state index in [1.165, 1.54) is 10.7 Å². The van der Waals surface area contributed by atoms with E-state index in [1.54, 1.807) is 20.3 Å². The van der Waals surface area contributed by atoms with Crippen LogP contribution >= 0.6 is 11.6 Å². The van der Waals surface area contributed by atoms with Gasteiger partial charge in [-0.1, -0.05) is 47.5 Å². The number of benzene rings is 2. The van der Waals surface area contributed by atoms with Crippen LogP contribution < -0.4 is 14.4 Å². The molecule has 2 heterocycles. The number of anilines is 1. The second-order valence-corrected chi connectivity index (χ2v) is 7.26. The van der Waals surface area contributed by atoms with Crippen molar-refractivity contribution in [2.24, 2.45) is 0 Å². The van der Waals surface area contributed by atoms with E-state index in [4.69, 9.17) is 27.6 Å². The van der Waals surface area contributed by atoms with E-state index in [9.17, 15) is 0 Å². The highest BCUT2D eigenvalue weighted by molar-refractivity contribution is 6.29. The molecular weight excluding hydrogens is 414 g/mol. The molecule has 0 aliphatic heterocycles. The summed E-state index contributed by atoms with van der Waals surface area (Å²) in [5.74, 6) is 1.91. The van der Waals surface area contributed by atoms with Crippen LogP contribution in [0.4, 0.5) is 11.5 Å². The van der Waals surface area contributed by atoms with Gasteiger partial charge in [-0.3, -0.25) is 0 Å². The lowest BCUT2D eigenvalue weighted by Crippen LogP contribution is -2.23. The Hall–Kier alpha value is -3.76. The fourth-order valence-corrected chi connectivity index (χ4v) is 3.53. The Bertz CT molecular complexity index is 1180. The number of halogens is 1. The van der Waals surface area contributed by atoms with Crippen molar-refractivity contribution in [3.05, 3.63) is 88.5 Å². The Morgan fingerprint density at radius 3 is 2.00 bits per heavy atom. The third-order valence-corrected chi connectivity index (χ3v) is 5.11. The summed E-state index contributed by atoms with van der Waals surface area (Å²) in [6.07, 6.45) is 1.51. The molecule has 4 rings (SSSR count). The third kappa shape index (κ3) is 4.39. The van der Waals surface area contributed by atoms with E-state index in [2.05, 4.69) is 19.8 Å². The molecule has 0 N–H and O–H groups in total. The van der Waals surface area contributed by atoms with Gasteiger partial charge < -0.3 is 19.2 Å². The molecule has 31 heavy (non-hydrogen) atoms. The van der Waals surface area contributed by atoms with E-state index in [-0.39, 0.29) is 0 Å². The van der Waals surface area contributed by atoms with E-state index in [0.29, 0.717) is 29.7 Å². The van der Waals surface area contributed by atoms with Crippen molar-refractivity contribution in [2.75, 3.05) is 19.1 Å². The molecule has 0 fully saturated rings. The van der Waals surface area contributed by atoms with Gasteiger partial charge in [0.1, 0.15) is 17.2 Å². The molecule has 2 aromatic heterocycles. The number of ether oxygens (including phenoxy) is 2. The average Bonchev–Trinajstić information content (AvgIpc) is 3.22.